The molecule has 0 saturated carbocycles. The quantitative estimate of drug-likeness (QED) is 0.398. The van der Waals surface area contributed by atoms with Crippen LogP contribution in [0.25, 0.3) is 17.0 Å². The Labute approximate surface area is 169 Å². The number of H-pyrrole nitrogens is 1. The Kier molecular flexibility index (Phi) is 5.98. The van der Waals surface area contributed by atoms with E-state index in [0.29, 0.717) is 16.5 Å². The Balaban J connectivity index is 1.75. The Bertz CT molecular complexity index is 1090. The van der Waals surface area contributed by atoms with E-state index >= 15 is 0 Å². The molecule has 0 aliphatic carbocycles. The number of alkyl halides is 3. The molecule has 0 spiro atoms. The second-order valence-electron chi connectivity index (χ2n) is 6.53. The zero-order valence-corrected chi connectivity index (χ0v) is 16.1. The second-order valence-corrected chi connectivity index (χ2v) is 6.93. The van der Waals surface area contributed by atoms with Crippen molar-refractivity contribution in [3.8, 4) is 0 Å². The maximum absolute atomic E-state index is 13.4. The summed E-state index contributed by atoms with van der Waals surface area (Å²) in [5.41, 5.74) is 0.214. The molecule has 1 amide bonds. The van der Waals surface area contributed by atoms with Crippen molar-refractivity contribution in [1.82, 2.24) is 10.3 Å². The monoisotopic (exact) mass is 424 g/mol. The maximum atomic E-state index is 13.4. The minimum atomic E-state index is -4.57. The summed E-state index contributed by atoms with van der Waals surface area (Å²) in [6.45, 7) is 1.54. The Morgan fingerprint density at radius 3 is 2.62 bits per heavy atom. The highest BCUT2D eigenvalue weighted by Crippen LogP contribution is 2.37. The van der Waals surface area contributed by atoms with Crippen LogP contribution in [0.3, 0.4) is 0 Å². The van der Waals surface area contributed by atoms with Crippen LogP contribution in [-0.4, -0.2) is 17.4 Å². The van der Waals surface area contributed by atoms with Gasteiger partial charge < -0.3 is 10.3 Å². The van der Waals surface area contributed by atoms with Crippen LogP contribution in [0.2, 0.25) is 5.02 Å². The number of hydrogen-bond donors (Lipinski definition) is 2. The first kappa shape index (κ1) is 20.9. The van der Waals surface area contributed by atoms with Crippen LogP contribution >= 0.6 is 11.6 Å². The largest absolute Gasteiger partial charge is 0.431 e. The minimum Gasteiger partial charge on any atom is -0.352 e. The van der Waals surface area contributed by atoms with Crippen molar-refractivity contribution in [2.24, 2.45) is 0 Å². The van der Waals surface area contributed by atoms with Crippen LogP contribution in [0.5, 0.6) is 0 Å². The summed E-state index contributed by atoms with van der Waals surface area (Å²) in [6, 6.07) is 10.4. The average Bonchev–Trinajstić information content (AvgIpc) is 3.02. The Morgan fingerprint density at radius 1 is 1.21 bits per heavy atom. The summed E-state index contributed by atoms with van der Waals surface area (Å²) in [4.78, 5) is 14.6. The molecular weight excluding hydrogens is 408 g/mol. The van der Waals surface area contributed by atoms with Crippen LogP contribution in [0.1, 0.15) is 23.7 Å². The lowest BCUT2D eigenvalue weighted by molar-refractivity contribution is -0.141. The molecule has 0 radical (unpaired) electrons. The third-order valence-electron chi connectivity index (χ3n) is 4.42. The van der Waals surface area contributed by atoms with Gasteiger partial charge in [0.25, 0.3) is 0 Å². The lowest BCUT2D eigenvalue weighted by Gasteiger charge is -2.10. The van der Waals surface area contributed by atoms with E-state index in [4.69, 9.17) is 11.6 Å². The van der Waals surface area contributed by atoms with E-state index < -0.39 is 23.6 Å². The number of fused-ring (bicyclic) bond motifs is 1. The molecule has 0 saturated heterocycles. The predicted octanol–water partition coefficient (Wildman–Crippen LogP) is 5.74. The van der Waals surface area contributed by atoms with Crippen molar-refractivity contribution in [3.63, 3.8) is 0 Å². The van der Waals surface area contributed by atoms with Gasteiger partial charge in [0.2, 0.25) is 5.91 Å². The van der Waals surface area contributed by atoms with Crippen molar-refractivity contribution >= 4 is 34.5 Å². The zero-order chi connectivity index (χ0) is 21.2. The number of carbonyl (C=O) groups is 1. The van der Waals surface area contributed by atoms with E-state index in [-0.39, 0.29) is 29.1 Å². The predicted molar refractivity (Wildman–Crippen MR) is 105 cm³/mol. The average molecular weight is 425 g/mol. The summed E-state index contributed by atoms with van der Waals surface area (Å²) in [7, 11) is 0. The molecule has 2 N–H and O–H groups in total. The number of halogens is 5. The molecule has 8 heteroatoms. The molecule has 0 atom stereocenters. The van der Waals surface area contributed by atoms with Gasteiger partial charge in [0, 0.05) is 17.5 Å². The third kappa shape index (κ3) is 4.79. The second kappa shape index (κ2) is 8.29. The normalized spacial score (nSPS) is 12.4. The highest BCUT2D eigenvalue weighted by atomic mass is 35.5. The van der Waals surface area contributed by atoms with Gasteiger partial charge in [-0.25, -0.2) is 4.39 Å². The molecule has 3 rings (SSSR count). The van der Waals surface area contributed by atoms with E-state index in [9.17, 15) is 22.4 Å². The molecule has 0 aliphatic heterocycles. The van der Waals surface area contributed by atoms with Crippen LogP contribution in [0.4, 0.5) is 17.6 Å². The maximum Gasteiger partial charge on any atom is 0.431 e. The van der Waals surface area contributed by atoms with Gasteiger partial charge in [-0.1, -0.05) is 35.9 Å². The van der Waals surface area contributed by atoms with Gasteiger partial charge in [-0.05, 0) is 48.7 Å². The highest BCUT2D eigenvalue weighted by Gasteiger charge is 2.36. The summed E-state index contributed by atoms with van der Waals surface area (Å²) < 4.78 is 53.5. The van der Waals surface area contributed by atoms with Crippen LogP contribution in [0, 0.1) is 5.82 Å². The molecule has 3 aromatic rings. The Morgan fingerprint density at radius 2 is 1.93 bits per heavy atom. The molecule has 3 nitrogen and oxygen atoms in total. The number of rotatable bonds is 5. The number of amides is 1. The van der Waals surface area contributed by atoms with Gasteiger partial charge in [-0.3, -0.25) is 4.79 Å². The van der Waals surface area contributed by atoms with E-state index in [1.54, 1.807) is 25.1 Å². The molecule has 29 heavy (non-hydrogen) atoms. The number of benzene rings is 2. The number of nitrogens with one attached hydrogen (secondary N) is 2. The van der Waals surface area contributed by atoms with Gasteiger partial charge in [-0.15, -0.1) is 0 Å². The topological polar surface area (TPSA) is 44.9 Å². The van der Waals surface area contributed by atoms with Crippen LogP contribution in [0.15, 0.2) is 48.0 Å². The summed E-state index contributed by atoms with van der Waals surface area (Å²) in [5, 5.41) is 3.16. The van der Waals surface area contributed by atoms with Crippen LogP contribution in [-0.2, 0) is 17.4 Å². The number of aromatic amines is 1. The zero-order valence-electron chi connectivity index (χ0n) is 15.3. The van der Waals surface area contributed by atoms with E-state index in [1.165, 1.54) is 30.3 Å². The van der Waals surface area contributed by atoms with Gasteiger partial charge in [0.15, 0.2) is 0 Å². The standard InChI is InChI=1S/C21H17ClF4N2O/c1-12(10-13-4-2-5-14(23)11-13)20(29)27-9-8-16-15-6-3-7-17(22)18(15)28-19(16)21(24,25)26/h2-7,10-11,28H,8-9H2,1H3,(H,27,29)/b12-10+. The van der Waals surface area contributed by atoms with Gasteiger partial charge in [-0.2, -0.15) is 13.2 Å². The fourth-order valence-corrected chi connectivity index (χ4v) is 3.31. The van der Waals surface area contributed by atoms with E-state index in [0.717, 1.165) is 0 Å². The Hall–Kier alpha value is -2.80. The van der Waals surface area contributed by atoms with E-state index in [2.05, 4.69) is 10.3 Å². The summed E-state index contributed by atoms with van der Waals surface area (Å²) in [5.74, 6) is -0.870. The van der Waals surface area contributed by atoms with Crippen molar-refractivity contribution in [1.29, 1.82) is 0 Å². The van der Waals surface area contributed by atoms with Gasteiger partial charge in [0.05, 0.1) is 10.5 Å². The smallest absolute Gasteiger partial charge is 0.352 e. The van der Waals surface area contributed by atoms with Gasteiger partial charge >= 0.3 is 6.18 Å². The first-order valence-electron chi connectivity index (χ1n) is 8.75. The molecule has 0 aliphatic rings. The SMILES string of the molecule is C/C(=C\c1cccc(F)c1)C(=O)NCCc1c(C(F)(F)F)[nH]c2c(Cl)cccc12. The highest BCUT2D eigenvalue weighted by molar-refractivity contribution is 6.35. The number of hydrogen-bond acceptors (Lipinski definition) is 1. The molecule has 0 fully saturated rings. The molecule has 1 aromatic heterocycles. The molecule has 0 unspecified atom stereocenters. The fraction of sp³-hybridized carbons (Fsp3) is 0.190. The summed E-state index contributed by atoms with van der Waals surface area (Å²) >= 11 is 6.00. The minimum absolute atomic E-state index is 0.00426. The van der Waals surface area contributed by atoms with Crippen molar-refractivity contribution in [2.75, 3.05) is 6.54 Å². The van der Waals surface area contributed by atoms with Crippen molar-refractivity contribution < 1.29 is 22.4 Å². The first-order valence-corrected chi connectivity index (χ1v) is 9.13. The molecule has 0 bridgehead atoms. The molecule has 1 heterocycles. The first-order chi connectivity index (χ1) is 13.7. The molecule has 152 valence electrons. The summed E-state index contributed by atoms with van der Waals surface area (Å²) in [6.07, 6.45) is -3.10. The third-order valence-corrected chi connectivity index (χ3v) is 4.74. The molecular formula is C21H17ClF4N2O. The molecule has 2 aromatic carbocycles. The van der Waals surface area contributed by atoms with Crippen molar-refractivity contribution in [2.45, 2.75) is 19.5 Å². The lowest BCUT2D eigenvalue weighted by Crippen LogP contribution is -2.26. The van der Waals surface area contributed by atoms with Gasteiger partial charge in [0.1, 0.15) is 11.5 Å². The number of carbonyl (C=O) groups excluding carboxylic acids is 1. The van der Waals surface area contributed by atoms with E-state index in [1.807, 2.05) is 0 Å². The van der Waals surface area contributed by atoms with Crippen LogP contribution < -0.4 is 5.32 Å². The lowest BCUT2D eigenvalue weighted by atomic mass is 10.1. The fourth-order valence-electron chi connectivity index (χ4n) is 3.09. The number of aromatic nitrogens is 1. The van der Waals surface area contributed by atoms with Crippen molar-refractivity contribution in [3.05, 3.63) is 75.7 Å². The number of para-hydroxylation sites is 1.